The molecule has 0 aromatic heterocycles. The third kappa shape index (κ3) is 1.80. The van der Waals surface area contributed by atoms with Gasteiger partial charge in [-0.05, 0) is 18.6 Å². The van der Waals surface area contributed by atoms with E-state index in [9.17, 15) is 9.18 Å². The van der Waals surface area contributed by atoms with Crippen LogP contribution in [0.1, 0.15) is 15.9 Å². The van der Waals surface area contributed by atoms with Gasteiger partial charge < -0.3 is 0 Å². The Morgan fingerprint density at radius 3 is 2.64 bits per heavy atom. The van der Waals surface area contributed by atoms with E-state index >= 15 is 0 Å². The minimum atomic E-state index is -0.413. The molecule has 1 aromatic rings. The van der Waals surface area contributed by atoms with E-state index in [1.165, 1.54) is 6.07 Å². The van der Waals surface area contributed by atoms with Gasteiger partial charge in [0.25, 0.3) is 0 Å². The number of carbonyl (C=O) groups is 1. The molecular formula is C8H7FOS. The van der Waals surface area contributed by atoms with Crippen LogP contribution in [0.4, 0.5) is 4.39 Å². The fourth-order valence-electron chi connectivity index (χ4n) is 0.726. The second-order valence-corrected chi connectivity index (χ2v) is 2.68. The van der Waals surface area contributed by atoms with Gasteiger partial charge in [-0.15, -0.1) is 12.6 Å². The molecular weight excluding hydrogens is 163 g/mol. The number of benzene rings is 1. The van der Waals surface area contributed by atoms with Gasteiger partial charge in [-0.25, -0.2) is 4.39 Å². The number of rotatable bonds is 1. The number of hydrogen-bond acceptors (Lipinski definition) is 1. The van der Waals surface area contributed by atoms with E-state index in [0.717, 1.165) is 0 Å². The third-order valence-electron chi connectivity index (χ3n) is 1.42. The molecule has 0 spiro atoms. The van der Waals surface area contributed by atoms with Gasteiger partial charge in [-0.3, -0.25) is 4.79 Å². The first-order valence-electron chi connectivity index (χ1n) is 3.10. The van der Waals surface area contributed by atoms with Crippen molar-refractivity contribution in [1.82, 2.24) is 0 Å². The fraction of sp³-hybridized carbons (Fsp3) is 0.125. The van der Waals surface area contributed by atoms with Crippen LogP contribution in [0.3, 0.4) is 0 Å². The Labute approximate surface area is 69.6 Å². The molecule has 0 unspecified atom stereocenters. The summed E-state index contributed by atoms with van der Waals surface area (Å²) in [5.74, 6) is -0.370. The summed E-state index contributed by atoms with van der Waals surface area (Å²) in [6.45, 7) is 1.64. The molecule has 0 N–H and O–H groups in total. The lowest BCUT2D eigenvalue weighted by Crippen LogP contribution is -1.91. The summed E-state index contributed by atoms with van der Waals surface area (Å²) in [7, 11) is 0. The van der Waals surface area contributed by atoms with Crippen molar-refractivity contribution in [3.63, 3.8) is 0 Å². The Morgan fingerprint density at radius 1 is 1.55 bits per heavy atom. The highest BCUT2D eigenvalue weighted by Gasteiger charge is 2.02. The molecule has 0 amide bonds. The van der Waals surface area contributed by atoms with E-state index in [1.807, 2.05) is 0 Å². The van der Waals surface area contributed by atoms with Crippen molar-refractivity contribution in [2.45, 2.75) is 6.92 Å². The lowest BCUT2D eigenvalue weighted by atomic mass is 10.1. The Bertz CT molecular complexity index is 296. The van der Waals surface area contributed by atoms with Crippen molar-refractivity contribution >= 4 is 17.7 Å². The minimum Gasteiger partial charge on any atom is -0.282 e. The molecule has 0 bridgehead atoms. The summed E-state index contributed by atoms with van der Waals surface area (Å²) in [5, 5.41) is -0.413. The first kappa shape index (κ1) is 8.27. The van der Waals surface area contributed by atoms with E-state index in [-0.39, 0.29) is 11.4 Å². The van der Waals surface area contributed by atoms with Gasteiger partial charge in [-0.1, -0.05) is 12.1 Å². The summed E-state index contributed by atoms with van der Waals surface area (Å²) in [6.07, 6.45) is 0. The molecule has 0 atom stereocenters. The highest BCUT2D eigenvalue weighted by atomic mass is 32.1. The highest BCUT2D eigenvalue weighted by molar-refractivity contribution is 7.97. The maximum atomic E-state index is 12.8. The first-order valence-corrected chi connectivity index (χ1v) is 3.55. The van der Waals surface area contributed by atoms with Gasteiger partial charge in [0.2, 0.25) is 5.12 Å². The maximum Gasteiger partial charge on any atom is 0.216 e. The second kappa shape index (κ2) is 3.05. The molecule has 1 rings (SSSR count). The quantitative estimate of drug-likeness (QED) is 0.639. The van der Waals surface area contributed by atoms with Crippen molar-refractivity contribution in [3.05, 3.63) is 35.1 Å². The molecule has 3 heteroatoms. The Morgan fingerprint density at radius 2 is 2.18 bits per heavy atom. The van der Waals surface area contributed by atoms with Gasteiger partial charge in [0.15, 0.2) is 0 Å². The monoisotopic (exact) mass is 170 g/mol. The molecule has 0 fully saturated rings. The van der Waals surface area contributed by atoms with Crippen LogP contribution in [-0.2, 0) is 0 Å². The van der Waals surface area contributed by atoms with Crippen LogP contribution in [0.15, 0.2) is 18.2 Å². The maximum absolute atomic E-state index is 12.8. The zero-order valence-corrected chi connectivity index (χ0v) is 6.86. The number of aryl methyl sites for hydroxylation is 1. The molecule has 1 nitrogen and oxygen atoms in total. The molecule has 0 aliphatic heterocycles. The predicted molar refractivity (Wildman–Crippen MR) is 44.5 cm³/mol. The Kier molecular flexibility index (Phi) is 2.29. The highest BCUT2D eigenvalue weighted by Crippen LogP contribution is 2.10. The van der Waals surface area contributed by atoms with Crippen molar-refractivity contribution in [3.8, 4) is 0 Å². The van der Waals surface area contributed by atoms with Crippen LogP contribution in [-0.4, -0.2) is 5.12 Å². The van der Waals surface area contributed by atoms with Crippen LogP contribution in [0.25, 0.3) is 0 Å². The van der Waals surface area contributed by atoms with E-state index < -0.39 is 5.12 Å². The fourth-order valence-corrected chi connectivity index (χ4v) is 0.865. The number of carbonyl (C=O) groups excluding carboxylic acids is 1. The normalized spacial score (nSPS) is 9.73. The average Bonchev–Trinajstić information content (AvgIpc) is 1.94. The van der Waals surface area contributed by atoms with Crippen molar-refractivity contribution in [2.24, 2.45) is 0 Å². The van der Waals surface area contributed by atoms with Crippen molar-refractivity contribution in [1.29, 1.82) is 0 Å². The van der Waals surface area contributed by atoms with E-state index in [1.54, 1.807) is 19.1 Å². The average molecular weight is 170 g/mol. The molecule has 0 aliphatic rings. The van der Waals surface area contributed by atoms with E-state index in [2.05, 4.69) is 12.6 Å². The number of thiol groups is 1. The SMILES string of the molecule is Cc1ccc(C(=O)S)cc1F. The van der Waals surface area contributed by atoms with Gasteiger partial charge in [0.05, 0.1) is 0 Å². The molecule has 0 heterocycles. The third-order valence-corrected chi connectivity index (χ3v) is 1.68. The molecule has 0 aliphatic carbocycles. The first-order chi connectivity index (χ1) is 5.11. The van der Waals surface area contributed by atoms with Crippen molar-refractivity contribution < 1.29 is 9.18 Å². The van der Waals surface area contributed by atoms with Crippen LogP contribution in [0.2, 0.25) is 0 Å². The van der Waals surface area contributed by atoms with Crippen LogP contribution in [0, 0.1) is 12.7 Å². The molecule has 1 aromatic carbocycles. The summed E-state index contributed by atoms with van der Waals surface area (Å²) in [6, 6.07) is 4.29. The van der Waals surface area contributed by atoms with Crippen LogP contribution >= 0.6 is 12.6 Å². The standard InChI is InChI=1S/C8H7FOS/c1-5-2-3-6(8(10)11)4-7(5)9/h2-4H,1H3,(H,10,11). The Hall–Kier alpha value is -0.830. The lowest BCUT2D eigenvalue weighted by molar-refractivity contribution is 0.109. The minimum absolute atomic E-state index is 0.288. The molecule has 0 radical (unpaired) electrons. The van der Waals surface area contributed by atoms with Crippen molar-refractivity contribution in [2.75, 3.05) is 0 Å². The topological polar surface area (TPSA) is 17.1 Å². The molecule has 11 heavy (non-hydrogen) atoms. The lowest BCUT2D eigenvalue weighted by Gasteiger charge is -1.97. The van der Waals surface area contributed by atoms with E-state index in [4.69, 9.17) is 0 Å². The van der Waals surface area contributed by atoms with Gasteiger partial charge in [0, 0.05) is 5.56 Å². The number of halogens is 1. The second-order valence-electron chi connectivity index (χ2n) is 2.27. The van der Waals surface area contributed by atoms with Gasteiger partial charge in [0.1, 0.15) is 5.82 Å². The molecule has 0 saturated carbocycles. The van der Waals surface area contributed by atoms with Gasteiger partial charge in [-0.2, -0.15) is 0 Å². The summed E-state index contributed by atoms with van der Waals surface area (Å²) < 4.78 is 12.8. The van der Waals surface area contributed by atoms with Gasteiger partial charge >= 0.3 is 0 Å². The zero-order valence-electron chi connectivity index (χ0n) is 5.97. The summed E-state index contributed by atoms with van der Waals surface area (Å²) in [5.41, 5.74) is 0.819. The smallest absolute Gasteiger partial charge is 0.216 e. The summed E-state index contributed by atoms with van der Waals surface area (Å²) >= 11 is 3.56. The van der Waals surface area contributed by atoms with E-state index in [0.29, 0.717) is 5.56 Å². The zero-order chi connectivity index (χ0) is 8.43. The Balaban J connectivity index is 3.15. The number of hydrogen-bond donors (Lipinski definition) is 1. The van der Waals surface area contributed by atoms with Crippen LogP contribution < -0.4 is 0 Å². The molecule has 58 valence electrons. The largest absolute Gasteiger partial charge is 0.282 e. The predicted octanol–water partition coefficient (Wildman–Crippen LogP) is 2.20. The summed E-state index contributed by atoms with van der Waals surface area (Å²) in [4.78, 5) is 10.6. The molecule has 0 saturated heterocycles. The van der Waals surface area contributed by atoms with Crippen LogP contribution in [0.5, 0.6) is 0 Å².